The largest absolute Gasteiger partial charge is 0.384 e. The van der Waals surface area contributed by atoms with Crippen molar-refractivity contribution in [3.8, 4) is 0 Å². The summed E-state index contributed by atoms with van der Waals surface area (Å²) in [6.07, 6.45) is 0. The number of nitrogens with two attached hydrogens (primary N) is 1. The number of nitrogens with zero attached hydrogens (tertiary/aromatic N) is 3. The van der Waals surface area contributed by atoms with Gasteiger partial charge in [0, 0.05) is 36.9 Å². The van der Waals surface area contributed by atoms with E-state index in [-0.39, 0.29) is 11.8 Å². The summed E-state index contributed by atoms with van der Waals surface area (Å²) >= 11 is 0. The van der Waals surface area contributed by atoms with Crippen molar-refractivity contribution < 1.29 is 4.79 Å². The molecule has 2 rings (SSSR count). The molecule has 1 amide bonds. The predicted molar refractivity (Wildman–Crippen MR) is 85.4 cm³/mol. The van der Waals surface area contributed by atoms with Gasteiger partial charge < -0.3 is 10.6 Å². The number of anilines is 1. The van der Waals surface area contributed by atoms with E-state index in [4.69, 9.17) is 5.73 Å². The number of aromatic nitrogens is 1. The number of carbonyl (C=O) groups is 1. The molecule has 5 nitrogen and oxygen atoms in total. The number of hydrogen-bond donors (Lipinski definition) is 1. The van der Waals surface area contributed by atoms with Crippen LogP contribution in [0.1, 0.15) is 49.7 Å². The Morgan fingerprint density at radius 1 is 1.43 bits per heavy atom. The van der Waals surface area contributed by atoms with Crippen LogP contribution in [0.5, 0.6) is 0 Å². The SMILES string of the molecule is CCN1CCN(C(=O)c2cc(N)nc(C(C)C)c2)CC1C. The Morgan fingerprint density at radius 2 is 2.14 bits per heavy atom. The number of rotatable bonds is 3. The number of hydrogen-bond acceptors (Lipinski definition) is 4. The number of amides is 1. The van der Waals surface area contributed by atoms with E-state index in [0.717, 1.165) is 31.9 Å². The Balaban J connectivity index is 2.17. The van der Waals surface area contributed by atoms with Crippen LogP contribution >= 0.6 is 0 Å². The fraction of sp³-hybridized carbons (Fsp3) is 0.625. The average molecular weight is 290 g/mol. The third kappa shape index (κ3) is 3.53. The number of nitrogen functional groups attached to an aromatic ring is 1. The summed E-state index contributed by atoms with van der Waals surface area (Å²) in [5.74, 6) is 0.745. The average Bonchev–Trinajstić information content (AvgIpc) is 2.45. The summed E-state index contributed by atoms with van der Waals surface area (Å²) in [6, 6.07) is 3.96. The van der Waals surface area contributed by atoms with Crippen LogP contribution in [0, 0.1) is 0 Å². The van der Waals surface area contributed by atoms with Crippen molar-refractivity contribution in [2.75, 3.05) is 31.9 Å². The van der Waals surface area contributed by atoms with E-state index >= 15 is 0 Å². The van der Waals surface area contributed by atoms with Crippen LogP contribution in [0.3, 0.4) is 0 Å². The molecule has 1 atom stereocenters. The monoisotopic (exact) mass is 290 g/mol. The molecule has 1 aliphatic rings. The third-order valence-electron chi connectivity index (χ3n) is 4.16. The minimum absolute atomic E-state index is 0.0635. The van der Waals surface area contributed by atoms with Gasteiger partial charge in [-0.2, -0.15) is 0 Å². The van der Waals surface area contributed by atoms with Gasteiger partial charge in [0.1, 0.15) is 5.82 Å². The minimum atomic E-state index is 0.0635. The molecule has 0 aliphatic carbocycles. The zero-order chi connectivity index (χ0) is 15.6. The first-order valence-electron chi connectivity index (χ1n) is 7.73. The van der Waals surface area contributed by atoms with Crippen molar-refractivity contribution in [1.82, 2.24) is 14.8 Å². The molecule has 0 bridgehead atoms. The maximum absolute atomic E-state index is 12.7. The quantitative estimate of drug-likeness (QED) is 0.924. The molecule has 1 aromatic rings. The maximum atomic E-state index is 12.7. The highest BCUT2D eigenvalue weighted by molar-refractivity contribution is 5.95. The lowest BCUT2D eigenvalue weighted by molar-refractivity contribution is 0.0528. The topological polar surface area (TPSA) is 62.5 Å². The Bertz CT molecular complexity index is 515. The molecule has 1 saturated heterocycles. The lowest BCUT2D eigenvalue weighted by Gasteiger charge is -2.39. The highest BCUT2D eigenvalue weighted by atomic mass is 16.2. The van der Waals surface area contributed by atoms with Gasteiger partial charge in [0.25, 0.3) is 5.91 Å². The molecule has 0 aromatic carbocycles. The number of piperazine rings is 1. The fourth-order valence-electron chi connectivity index (χ4n) is 2.83. The van der Waals surface area contributed by atoms with Gasteiger partial charge in [0.2, 0.25) is 0 Å². The Morgan fingerprint density at radius 3 is 2.71 bits per heavy atom. The van der Waals surface area contributed by atoms with Gasteiger partial charge in [0.15, 0.2) is 0 Å². The standard InChI is InChI=1S/C16H26N4O/c1-5-19-6-7-20(10-12(19)4)16(21)13-8-14(11(2)3)18-15(17)9-13/h8-9,11-12H,5-7,10H2,1-4H3,(H2,17,18). The molecule has 2 heterocycles. The van der Waals surface area contributed by atoms with E-state index in [1.165, 1.54) is 0 Å². The van der Waals surface area contributed by atoms with Crippen LogP contribution in [0.15, 0.2) is 12.1 Å². The van der Waals surface area contributed by atoms with Crippen LogP contribution in [0.2, 0.25) is 0 Å². The highest BCUT2D eigenvalue weighted by Crippen LogP contribution is 2.19. The fourth-order valence-corrected chi connectivity index (χ4v) is 2.83. The van der Waals surface area contributed by atoms with Crippen molar-refractivity contribution in [2.45, 2.75) is 39.7 Å². The number of likely N-dealkylation sites (N-methyl/N-ethyl adjacent to an activating group) is 1. The zero-order valence-corrected chi connectivity index (χ0v) is 13.5. The number of pyridine rings is 1. The lowest BCUT2D eigenvalue weighted by Crippen LogP contribution is -2.53. The van der Waals surface area contributed by atoms with Crippen LogP contribution in [0.25, 0.3) is 0 Å². The first-order valence-corrected chi connectivity index (χ1v) is 7.73. The van der Waals surface area contributed by atoms with Crippen LogP contribution in [0.4, 0.5) is 5.82 Å². The predicted octanol–water partition coefficient (Wildman–Crippen LogP) is 1.95. The molecule has 1 fully saturated rings. The van der Waals surface area contributed by atoms with Crippen molar-refractivity contribution in [2.24, 2.45) is 0 Å². The molecule has 116 valence electrons. The van der Waals surface area contributed by atoms with Crippen LogP contribution in [-0.4, -0.2) is 52.9 Å². The van der Waals surface area contributed by atoms with Crippen molar-refractivity contribution in [1.29, 1.82) is 0 Å². The normalized spacial score (nSPS) is 20.0. The van der Waals surface area contributed by atoms with E-state index < -0.39 is 0 Å². The molecule has 0 spiro atoms. The molecule has 21 heavy (non-hydrogen) atoms. The smallest absolute Gasteiger partial charge is 0.254 e. The second-order valence-corrected chi connectivity index (χ2v) is 6.09. The second-order valence-electron chi connectivity index (χ2n) is 6.09. The van der Waals surface area contributed by atoms with Gasteiger partial charge in [-0.1, -0.05) is 20.8 Å². The Labute approximate surface area is 127 Å². The van der Waals surface area contributed by atoms with E-state index in [1.807, 2.05) is 11.0 Å². The molecule has 1 aromatic heterocycles. The summed E-state index contributed by atoms with van der Waals surface area (Å²) in [7, 11) is 0. The van der Waals surface area contributed by atoms with Gasteiger partial charge in [0.05, 0.1) is 0 Å². The van der Waals surface area contributed by atoms with Gasteiger partial charge in [-0.3, -0.25) is 9.69 Å². The first kappa shape index (κ1) is 15.8. The van der Waals surface area contributed by atoms with Gasteiger partial charge in [-0.15, -0.1) is 0 Å². The zero-order valence-electron chi connectivity index (χ0n) is 13.5. The molecule has 5 heteroatoms. The maximum Gasteiger partial charge on any atom is 0.254 e. The molecule has 0 radical (unpaired) electrons. The summed E-state index contributed by atoms with van der Waals surface area (Å²) in [5, 5.41) is 0. The Hall–Kier alpha value is -1.62. The summed E-state index contributed by atoms with van der Waals surface area (Å²) in [6.45, 7) is 11.9. The van der Waals surface area contributed by atoms with Gasteiger partial charge in [-0.05, 0) is 31.5 Å². The molecular formula is C16H26N4O. The lowest BCUT2D eigenvalue weighted by atomic mass is 10.1. The van der Waals surface area contributed by atoms with E-state index in [0.29, 0.717) is 17.4 Å². The third-order valence-corrected chi connectivity index (χ3v) is 4.16. The summed E-state index contributed by atoms with van der Waals surface area (Å²) < 4.78 is 0. The Kier molecular flexibility index (Phi) is 4.83. The van der Waals surface area contributed by atoms with Crippen molar-refractivity contribution in [3.63, 3.8) is 0 Å². The molecular weight excluding hydrogens is 264 g/mol. The highest BCUT2D eigenvalue weighted by Gasteiger charge is 2.26. The van der Waals surface area contributed by atoms with Crippen molar-refractivity contribution in [3.05, 3.63) is 23.4 Å². The van der Waals surface area contributed by atoms with Gasteiger partial charge >= 0.3 is 0 Å². The van der Waals surface area contributed by atoms with Crippen LogP contribution in [-0.2, 0) is 0 Å². The van der Waals surface area contributed by atoms with Gasteiger partial charge in [-0.25, -0.2) is 4.98 Å². The summed E-state index contributed by atoms with van der Waals surface area (Å²) in [5.41, 5.74) is 7.37. The second kappa shape index (κ2) is 6.43. The first-order chi connectivity index (χ1) is 9.92. The van der Waals surface area contributed by atoms with Crippen LogP contribution < -0.4 is 5.73 Å². The minimum Gasteiger partial charge on any atom is -0.384 e. The molecule has 0 saturated carbocycles. The molecule has 1 unspecified atom stereocenters. The van der Waals surface area contributed by atoms with E-state index in [9.17, 15) is 4.79 Å². The molecule has 1 aliphatic heterocycles. The summed E-state index contributed by atoms with van der Waals surface area (Å²) in [4.78, 5) is 21.3. The van der Waals surface area contributed by atoms with E-state index in [2.05, 4.69) is 37.6 Å². The number of carbonyl (C=O) groups excluding carboxylic acids is 1. The van der Waals surface area contributed by atoms with E-state index in [1.54, 1.807) is 6.07 Å². The van der Waals surface area contributed by atoms with Crippen molar-refractivity contribution >= 4 is 11.7 Å². The molecule has 2 N–H and O–H groups in total.